The molecule has 0 saturated heterocycles. The van der Waals surface area contributed by atoms with E-state index in [4.69, 9.17) is 21.7 Å². The molecule has 0 spiro atoms. The largest absolute Gasteiger partial charge is 0.460 e. The molecule has 1 aliphatic rings. The molecule has 1 aliphatic heterocycles. The zero-order valence-electron chi connectivity index (χ0n) is 18.5. The molecule has 174 valence electrons. The maximum Gasteiger partial charge on any atom is 0.338 e. The minimum atomic E-state index is -0.529. The van der Waals surface area contributed by atoms with E-state index in [1.54, 1.807) is 49.4 Å². The lowest BCUT2D eigenvalue weighted by Gasteiger charge is -2.35. The Morgan fingerprint density at radius 3 is 2.45 bits per heavy atom. The number of carbonyl (C=O) groups is 2. The zero-order valence-corrected chi connectivity index (χ0v) is 20.9. The Bertz CT molecular complexity index is 1090. The molecule has 0 bridgehead atoms. The second-order valence-corrected chi connectivity index (χ2v) is 8.59. The first-order valence-electron chi connectivity index (χ1n) is 10.1. The number of hydrogen-bond donors (Lipinski definition) is 3. The number of rotatable bonds is 7. The zero-order chi connectivity index (χ0) is 24.0. The van der Waals surface area contributed by atoms with Crippen molar-refractivity contribution in [2.45, 2.75) is 13.0 Å². The van der Waals surface area contributed by atoms with Crippen molar-refractivity contribution in [2.75, 3.05) is 38.0 Å². The molecule has 0 saturated carbocycles. The van der Waals surface area contributed by atoms with E-state index in [-0.39, 0.29) is 12.6 Å². The van der Waals surface area contributed by atoms with Crippen LogP contribution in [0.5, 0.6) is 0 Å². The smallest absolute Gasteiger partial charge is 0.338 e. The molecule has 1 heterocycles. The third-order valence-corrected chi connectivity index (χ3v) is 5.94. The summed E-state index contributed by atoms with van der Waals surface area (Å²) in [6.07, 6.45) is 0. The van der Waals surface area contributed by atoms with E-state index in [1.807, 2.05) is 25.1 Å². The van der Waals surface area contributed by atoms with Crippen LogP contribution >= 0.6 is 28.1 Å². The standard InChI is InChI=1S/C23H25BrN4O4S/c1-14-19(21(29)32-11-10-31-3)20(27-23(33)28(14)2)15-6-4-8-17(12-15)25-22(30)26-18-9-5-7-16(24)13-18/h4-9,12-13,20H,10-11H2,1-3H3,(H,27,33)(H2,25,26,30). The number of thiocarbonyl (C=S) groups is 1. The number of urea groups is 1. The third-order valence-electron chi connectivity index (χ3n) is 5.05. The first-order chi connectivity index (χ1) is 15.8. The maximum atomic E-state index is 12.9. The topological polar surface area (TPSA) is 91.9 Å². The van der Waals surface area contributed by atoms with Crippen LogP contribution in [0.3, 0.4) is 0 Å². The van der Waals surface area contributed by atoms with Gasteiger partial charge in [-0.1, -0.05) is 34.1 Å². The minimum Gasteiger partial charge on any atom is -0.460 e. The Balaban J connectivity index is 1.82. The van der Waals surface area contributed by atoms with Crippen LogP contribution < -0.4 is 16.0 Å². The normalized spacial score (nSPS) is 15.7. The van der Waals surface area contributed by atoms with Gasteiger partial charge in [0.05, 0.1) is 18.2 Å². The highest BCUT2D eigenvalue weighted by molar-refractivity contribution is 9.10. The van der Waals surface area contributed by atoms with Crippen LogP contribution in [0.4, 0.5) is 16.2 Å². The number of carbonyl (C=O) groups excluding carboxylic acids is 2. The molecule has 8 nitrogen and oxygen atoms in total. The summed E-state index contributed by atoms with van der Waals surface area (Å²) in [4.78, 5) is 27.1. The fourth-order valence-corrected chi connectivity index (χ4v) is 3.96. The van der Waals surface area contributed by atoms with Crippen LogP contribution in [-0.4, -0.2) is 49.4 Å². The molecular weight excluding hydrogens is 508 g/mol. The molecule has 2 aromatic carbocycles. The molecule has 0 aliphatic carbocycles. The van der Waals surface area contributed by atoms with Crippen molar-refractivity contribution in [2.24, 2.45) is 0 Å². The summed E-state index contributed by atoms with van der Waals surface area (Å²) in [5.41, 5.74) is 3.11. The number of nitrogens with zero attached hydrogens (tertiary/aromatic N) is 1. The summed E-state index contributed by atoms with van der Waals surface area (Å²) in [5, 5.41) is 9.29. The molecular formula is C23H25BrN4O4S. The average Bonchev–Trinajstić information content (AvgIpc) is 2.77. The van der Waals surface area contributed by atoms with Gasteiger partial charge in [-0.05, 0) is 55.0 Å². The van der Waals surface area contributed by atoms with Gasteiger partial charge in [-0.25, -0.2) is 9.59 Å². The molecule has 0 radical (unpaired) electrons. The van der Waals surface area contributed by atoms with Crippen molar-refractivity contribution >= 4 is 56.6 Å². The predicted octanol–water partition coefficient (Wildman–Crippen LogP) is 4.42. The summed E-state index contributed by atoms with van der Waals surface area (Å²) in [6.45, 7) is 2.27. The molecule has 1 unspecified atom stereocenters. The Morgan fingerprint density at radius 1 is 1.12 bits per heavy atom. The Labute approximate surface area is 206 Å². The highest BCUT2D eigenvalue weighted by atomic mass is 79.9. The molecule has 0 aromatic heterocycles. The van der Waals surface area contributed by atoms with Gasteiger partial charge in [-0.15, -0.1) is 0 Å². The van der Waals surface area contributed by atoms with Gasteiger partial charge < -0.3 is 30.3 Å². The number of ether oxygens (including phenoxy) is 2. The number of anilines is 2. The Kier molecular flexibility index (Phi) is 8.43. The lowest BCUT2D eigenvalue weighted by Crippen LogP contribution is -2.46. The van der Waals surface area contributed by atoms with Crippen molar-refractivity contribution in [1.29, 1.82) is 0 Å². The van der Waals surface area contributed by atoms with E-state index in [1.165, 1.54) is 0 Å². The summed E-state index contributed by atoms with van der Waals surface area (Å²) in [5.74, 6) is -0.456. The fraction of sp³-hybridized carbons (Fsp3) is 0.261. The van der Waals surface area contributed by atoms with E-state index in [9.17, 15) is 9.59 Å². The minimum absolute atomic E-state index is 0.143. The molecule has 10 heteroatoms. The van der Waals surface area contributed by atoms with E-state index in [2.05, 4.69) is 31.9 Å². The summed E-state index contributed by atoms with van der Waals surface area (Å²) < 4.78 is 11.2. The van der Waals surface area contributed by atoms with E-state index in [0.29, 0.717) is 34.4 Å². The lowest BCUT2D eigenvalue weighted by molar-refractivity contribution is -0.140. The first-order valence-corrected chi connectivity index (χ1v) is 11.3. The van der Waals surface area contributed by atoms with Gasteiger partial charge in [0, 0.05) is 35.7 Å². The number of benzene rings is 2. The van der Waals surface area contributed by atoms with Crippen molar-refractivity contribution in [3.63, 3.8) is 0 Å². The quantitative estimate of drug-likeness (QED) is 0.276. The second kappa shape index (κ2) is 11.3. The van der Waals surface area contributed by atoms with Gasteiger partial charge in [-0.2, -0.15) is 0 Å². The van der Waals surface area contributed by atoms with Gasteiger partial charge >= 0.3 is 12.0 Å². The van der Waals surface area contributed by atoms with Gasteiger partial charge in [0.15, 0.2) is 5.11 Å². The van der Waals surface area contributed by atoms with Crippen molar-refractivity contribution < 1.29 is 19.1 Å². The monoisotopic (exact) mass is 532 g/mol. The molecule has 33 heavy (non-hydrogen) atoms. The fourth-order valence-electron chi connectivity index (χ4n) is 3.30. The summed E-state index contributed by atoms with van der Waals surface area (Å²) in [6, 6.07) is 13.6. The summed E-state index contributed by atoms with van der Waals surface area (Å²) >= 11 is 8.82. The molecule has 3 N–H and O–H groups in total. The van der Waals surface area contributed by atoms with Crippen molar-refractivity contribution in [3.05, 3.63) is 69.8 Å². The van der Waals surface area contributed by atoms with Crippen LogP contribution in [0.25, 0.3) is 0 Å². The molecule has 0 fully saturated rings. The number of hydrogen-bond acceptors (Lipinski definition) is 5. The number of allylic oxidation sites excluding steroid dienone is 1. The van der Waals surface area contributed by atoms with Gasteiger partial charge in [0.25, 0.3) is 0 Å². The second-order valence-electron chi connectivity index (χ2n) is 7.28. The van der Waals surface area contributed by atoms with Crippen LogP contribution in [-0.2, 0) is 14.3 Å². The number of methoxy groups -OCH3 is 1. The summed E-state index contributed by atoms with van der Waals surface area (Å²) in [7, 11) is 3.33. The lowest BCUT2D eigenvalue weighted by atomic mass is 9.95. The van der Waals surface area contributed by atoms with Crippen LogP contribution in [0.1, 0.15) is 18.5 Å². The third kappa shape index (κ3) is 6.31. The highest BCUT2D eigenvalue weighted by Gasteiger charge is 2.33. The number of halogens is 1. The van der Waals surface area contributed by atoms with Gasteiger partial charge in [0.2, 0.25) is 0 Å². The Hall–Kier alpha value is -2.95. The van der Waals surface area contributed by atoms with Gasteiger partial charge in [-0.3, -0.25) is 0 Å². The molecule has 2 amide bonds. The molecule has 1 atom stereocenters. The SMILES string of the molecule is COCCOC(=O)C1=C(C)N(C)C(=S)NC1c1cccc(NC(=O)Nc2cccc(Br)c2)c1. The number of esters is 1. The van der Waals surface area contributed by atoms with Crippen molar-refractivity contribution in [3.8, 4) is 0 Å². The average molecular weight is 533 g/mol. The number of amides is 2. The van der Waals surface area contributed by atoms with E-state index >= 15 is 0 Å². The molecule has 2 aromatic rings. The van der Waals surface area contributed by atoms with E-state index in [0.717, 1.165) is 10.0 Å². The predicted molar refractivity (Wildman–Crippen MR) is 135 cm³/mol. The van der Waals surface area contributed by atoms with Gasteiger partial charge in [0.1, 0.15) is 6.61 Å². The highest BCUT2D eigenvalue weighted by Crippen LogP contribution is 2.32. The maximum absolute atomic E-state index is 12.9. The Morgan fingerprint density at radius 2 is 1.79 bits per heavy atom. The first kappa shape index (κ1) is 24.7. The van der Waals surface area contributed by atoms with Crippen molar-refractivity contribution in [1.82, 2.24) is 10.2 Å². The van der Waals surface area contributed by atoms with Crippen LogP contribution in [0, 0.1) is 0 Å². The molecule has 3 rings (SSSR count). The van der Waals surface area contributed by atoms with E-state index < -0.39 is 12.0 Å². The number of nitrogens with one attached hydrogen (secondary N) is 3. The van der Waals surface area contributed by atoms with Crippen LogP contribution in [0.15, 0.2) is 64.3 Å². The van der Waals surface area contributed by atoms with Crippen LogP contribution in [0.2, 0.25) is 0 Å².